The molecule has 0 unspecified atom stereocenters. The average molecular weight is 402 g/mol. The molecule has 29 heavy (non-hydrogen) atoms. The molecule has 0 atom stereocenters. The smallest absolute Gasteiger partial charge is 0.325 e. The van der Waals surface area contributed by atoms with Gasteiger partial charge in [0.25, 0.3) is 5.91 Å². The fourth-order valence-electron chi connectivity index (χ4n) is 3.84. The van der Waals surface area contributed by atoms with Crippen molar-refractivity contribution < 1.29 is 28.7 Å². The van der Waals surface area contributed by atoms with Gasteiger partial charge >= 0.3 is 12.0 Å². The predicted octanol–water partition coefficient (Wildman–Crippen LogP) is 2.59. The molecule has 0 aromatic heterocycles. The summed E-state index contributed by atoms with van der Waals surface area (Å²) >= 11 is 0. The van der Waals surface area contributed by atoms with Gasteiger partial charge in [-0.05, 0) is 44.9 Å². The third-order valence-electron chi connectivity index (χ3n) is 5.40. The number of esters is 1. The van der Waals surface area contributed by atoms with E-state index in [0.717, 1.165) is 17.7 Å². The summed E-state index contributed by atoms with van der Waals surface area (Å²) in [5, 5.41) is 2.79. The van der Waals surface area contributed by atoms with Crippen LogP contribution in [-0.2, 0) is 20.9 Å². The van der Waals surface area contributed by atoms with E-state index >= 15 is 0 Å². The molecule has 1 spiro atoms. The molecule has 2 aliphatic rings. The number of ether oxygens (including phenoxy) is 2. The van der Waals surface area contributed by atoms with Crippen LogP contribution in [0.1, 0.15) is 61.9 Å². The van der Waals surface area contributed by atoms with Crippen molar-refractivity contribution >= 4 is 23.7 Å². The molecule has 1 saturated carbocycles. The van der Waals surface area contributed by atoms with Crippen molar-refractivity contribution in [2.45, 2.75) is 58.1 Å². The highest BCUT2D eigenvalue weighted by atomic mass is 16.5. The standard InChI is InChI=1S/C21H26N2O6/c1-3-28-17-7-6-15(14(2)24)12-16(17)13-29-18(25)8-11-23-19(26)21(22-20(23)27)9-4-5-10-21/h6-7,12H,3-5,8-11,13H2,1-2H3,(H,22,27). The van der Waals surface area contributed by atoms with Crippen LogP contribution in [0.3, 0.4) is 0 Å². The summed E-state index contributed by atoms with van der Waals surface area (Å²) < 4.78 is 10.8. The lowest BCUT2D eigenvalue weighted by atomic mass is 9.98. The highest BCUT2D eigenvalue weighted by Crippen LogP contribution is 2.35. The Hall–Kier alpha value is -2.90. The third-order valence-corrected chi connectivity index (χ3v) is 5.40. The van der Waals surface area contributed by atoms with Gasteiger partial charge in [0.1, 0.15) is 17.9 Å². The molecular formula is C21H26N2O6. The van der Waals surface area contributed by atoms with E-state index in [9.17, 15) is 19.2 Å². The van der Waals surface area contributed by atoms with Gasteiger partial charge in [-0.2, -0.15) is 0 Å². The number of carbonyl (C=O) groups excluding carboxylic acids is 4. The summed E-state index contributed by atoms with van der Waals surface area (Å²) in [4.78, 5) is 49.6. The number of Topliss-reactive ketones (excluding diaryl/α,β-unsaturated/α-hetero) is 1. The van der Waals surface area contributed by atoms with E-state index in [1.54, 1.807) is 18.2 Å². The van der Waals surface area contributed by atoms with Gasteiger partial charge in [-0.15, -0.1) is 0 Å². The van der Waals surface area contributed by atoms with Crippen LogP contribution in [0.25, 0.3) is 0 Å². The molecular weight excluding hydrogens is 376 g/mol. The monoisotopic (exact) mass is 402 g/mol. The largest absolute Gasteiger partial charge is 0.493 e. The van der Waals surface area contributed by atoms with Gasteiger partial charge in [0.2, 0.25) is 0 Å². The highest BCUT2D eigenvalue weighted by Gasteiger charge is 2.52. The molecule has 3 rings (SSSR count). The van der Waals surface area contributed by atoms with Crippen LogP contribution in [0.4, 0.5) is 4.79 Å². The summed E-state index contributed by atoms with van der Waals surface area (Å²) in [7, 11) is 0. The van der Waals surface area contributed by atoms with E-state index in [2.05, 4.69) is 5.32 Å². The van der Waals surface area contributed by atoms with Crippen LogP contribution in [0.2, 0.25) is 0 Å². The Labute approximate surface area is 169 Å². The number of amides is 3. The Morgan fingerprint density at radius 1 is 1.21 bits per heavy atom. The van der Waals surface area contributed by atoms with Crippen LogP contribution < -0.4 is 10.1 Å². The first-order chi connectivity index (χ1) is 13.9. The molecule has 0 bridgehead atoms. The Morgan fingerprint density at radius 2 is 1.93 bits per heavy atom. The maximum atomic E-state index is 12.6. The number of rotatable bonds is 8. The van der Waals surface area contributed by atoms with Gasteiger partial charge in [0.05, 0.1) is 13.0 Å². The van der Waals surface area contributed by atoms with Gasteiger partial charge in [-0.25, -0.2) is 4.79 Å². The van der Waals surface area contributed by atoms with Gasteiger partial charge in [0, 0.05) is 17.7 Å². The fourth-order valence-corrected chi connectivity index (χ4v) is 3.84. The third kappa shape index (κ3) is 4.41. The molecule has 1 aliphatic heterocycles. The zero-order valence-corrected chi connectivity index (χ0v) is 16.8. The molecule has 8 heteroatoms. The Bertz CT molecular complexity index is 828. The van der Waals surface area contributed by atoms with Gasteiger partial charge in [0.15, 0.2) is 5.78 Å². The molecule has 1 heterocycles. The van der Waals surface area contributed by atoms with Gasteiger partial charge < -0.3 is 14.8 Å². The summed E-state index contributed by atoms with van der Waals surface area (Å²) in [6.07, 6.45) is 3.01. The highest BCUT2D eigenvalue weighted by molar-refractivity contribution is 6.07. The quantitative estimate of drug-likeness (QED) is 0.407. The lowest BCUT2D eigenvalue weighted by molar-refractivity contribution is -0.145. The van der Waals surface area contributed by atoms with Crippen LogP contribution >= 0.6 is 0 Å². The van der Waals surface area contributed by atoms with Crippen LogP contribution in [0.15, 0.2) is 18.2 Å². The van der Waals surface area contributed by atoms with Crippen LogP contribution in [0, 0.1) is 0 Å². The SMILES string of the molecule is CCOc1ccc(C(C)=O)cc1COC(=O)CCN1C(=O)NC2(CCCC2)C1=O. The van der Waals surface area contributed by atoms with Gasteiger partial charge in [-0.3, -0.25) is 19.3 Å². The number of hydrogen-bond donors (Lipinski definition) is 1. The molecule has 3 amide bonds. The summed E-state index contributed by atoms with van der Waals surface area (Å²) in [6.45, 7) is 3.66. The van der Waals surface area contributed by atoms with Gasteiger partial charge in [-0.1, -0.05) is 12.8 Å². The minimum absolute atomic E-state index is 0.0168. The maximum Gasteiger partial charge on any atom is 0.325 e. The average Bonchev–Trinajstić information content (AvgIpc) is 3.25. The number of ketones is 1. The molecule has 1 N–H and O–H groups in total. The molecule has 8 nitrogen and oxygen atoms in total. The first-order valence-electron chi connectivity index (χ1n) is 9.92. The number of nitrogens with zero attached hydrogens (tertiary/aromatic N) is 1. The van der Waals surface area contributed by atoms with E-state index in [4.69, 9.17) is 9.47 Å². The number of nitrogens with one attached hydrogen (secondary N) is 1. The molecule has 1 aliphatic carbocycles. The molecule has 1 aromatic carbocycles. The minimum atomic E-state index is -0.777. The van der Waals surface area contributed by atoms with Crippen molar-refractivity contribution in [1.29, 1.82) is 0 Å². The summed E-state index contributed by atoms with van der Waals surface area (Å²) in [5.41, 5.74) is 0.314. The number of hydrogen-bond acceptors (Lipinski definition) is 6. The van der Waals surface area contributed by atoms with E-state index in [1.165, 1.54) is 6.92 Å². The van der Waals surface area contributed by atoms with E-state index in [0.29, 0.717) is 36.3 Å². The lowest BCUT2D eigenvalue weighted by Crippen LogP contribution is -2.44. The number of benzene rings is 1. The van der Waals surface area contributed by atoms with E-state index in [-0.39, 0.29) is 31.3 Å². The van der Waals surface area contributed by atoms with Crippen molar-refractivity contribution in [2.75, 3.05) is 13.2 Å². The normalized spacial score (nSPS) is 17.5. The molecule has 2 fully saturated rings. The number of urea groups is 1. The van der Waals surface area contributed by atoms with Crippen LogP contribution in [0.5, 0.6) is 5.75 Å². The molecule has 156 valence electrons. The Kier molecular flexibility index (Phi) is 6.20. The first-order valence-corrected chi connectivity index (χ1v) is 9.92. The van der Waals surface area contributed by atoms with Crippen LogP contribution in [-0.4, -0.2) is 47.3 Å². The fraction of sp³-hybridized carbons (Fsp3) is 0.524. The second-order valence-corrected chi connectivity index (χ2v) is 7.40. The number of carbonyl (C=O) groups is 4. The van der Waals surface area contributed by atoms with Crippen molar-refractivity contribution in [3.63, 3.8) is 0 Å². The summed E-state index contributed by atoms with van der Waals surface area (Å²) in [6, 6.07) is 4.53. The first kappa shape index (κ1) is 20.8. The van der Waals surface area contributed by atoms with E-state index < -0.39 is 17.5 Å². The number of imide groups is 1. The second-order valence-electron chi connectivity index (χ2n) is 7.40. The van der Waals surface area contributed by atoms with Crippen molar-refractivity contribution in [1.82, 2.24) is 10.2 Å². The second kappa shape index (κ2) is 8.63. The molecule has 1 aromatic rings. The maximum absolute atomic E-state index is 12.6. The Balaban J connectivity index is 1.56. The molecule has 0 radical (unpaired) electrons. The Morgan fingerprint density at radius 3 is 2.59 bits per heavy atom. The minimum Gasteiger partial charge on any atom is -0.493 e. The predicted molar refractivity (Wildman–Crippen MR) is 103 cm³/mol. The summed E-state index contributed by atoms with van der Waals surface area (Å²) in [5.74, 6) is -0.336. The topological polar surface area (TPSA) is 102 Å². The zero-order chi connectivity index (χ0) is 21.0. The lowest BCUT2D eigenvalue weighted by Gasteiger charge is -2.19. The van der Waals surface area contributed by atoms with Crippen molar-refractivity contribution in [3.05, 3.63) is 29.3 Å². The zero-order valence-electron chi connectivity index (χ0n) is 16.8. The van der Waals surface area contributed by atoms with Crippen molar-refractivity contribution in [3.8, 4) is 5.75 Å². The molecule has 1 saturated heterocycles. The van der Waals surface area contributed by atoms with E-state index in [1.807, 2.05) is 6.92 Å². The van der Waals surface area contributed by atoms with Crippen molar-refractivity contribution in [2.24, 2.45) is 0 Å².